The summed E-state index contributed by atoms with van der Waals surface area (Å²) >= 11 is 0. The average molecular weight is 286 g/mol. The van der Waals surface area contributed by atoms with Crippen LogP contribution in [-0.2, 0) is 9.53 Å². The van der Waals surface area contributed by atoms with Crippen LogP contribution in [0.25, 0.3) is 0 Å². The van der Waals surface area contributed by atoms with Gasteiger partial charge in [0.25, 0.3) is 0 Å². The van der Waals surface area contributed by atoms with Crippen molar-refractivity contribution in [1.29, 1.82) is 0 Å². The SMILES string of the molecule is C/C(C=O)=C\O[C@@H]1CCCC[C@H]1c1c(C)cc(C)cc1C. The molecule has 0 N–H and O–H groups in total. The molecule has 0 aromatic heterocycles. The lowest BCUT2D eigenvalue weighted by molar-refractivity contribution is -0.105. The third-order valence-corrected chi connectivity index (χ3v) is 4.43. The molecule has 1 aliphatic carbocycles. The second-order valence-electron chi connectivity index (χ2n) is 6.36. The standard InChI is InChI=1S/C19H26O2/c1-13-9-15(3)19(16(4)10-13)17-7-5-6-8-18(17)21-12-14(2)11-20/h9-12,17-18H,5-8H2,1-4H3/b14-12+/t17-,18-/m1/s1. The molecule has 21 heavy (non-hydrogen) atoms. The summed E-state index contributed by atoms with van der Waals surface area (Å²) < 4.78 is 5.95. The van der Waals surface area contributed by atoms with Gasteiger partial charge in [0.05, 0.1) is 6.26 Å². The van der Waals surface area contributed by atoms with E-state index in [9.17, 15) is 4.79 Å². The number of allylic oxidation sites excluding steroid dienone is 1. The Labute approximate surface area is 128 Å². The lowest BCUT2D eigenvalue weighted by Gasteiger charge is -2.33. The molecule has 1 aromatic carbocycles. The van der Waals surface area contributed by atoms with Crippen molar-refractivity contribution in [3.8, 4) is 0 Å². The number of benzene rings is 1. The number of carbonyl (C=O) groups is 1. The first-order chi connectivity index (χ1) is 10.0. The highest BCUT2D eigenvalue weighted by atomic mass is 16.5. The summed E-state index contributed by atoms with van der Waals surface area (Å²) in [5, 5.41) is 0. The van der Waals surface area contributed by atoms with Crippen LogP contribution in [0.3, 0.4) is 0 Å². The fourth-order valence-electron chi connectivity index (χ4n) is 3.59. The molecule has 114 valence electrons. The normalized spacial score (nSPS) is 23.0. The lowest BCUT2D eigenvalue weighted by Crippen LogP contribution is -2.26. The van der Waals surface area contributed by atoms with Crippen LogP contribution in [0.2, 0.25) is 0 Å². The van der Waals surface area contributed by atoms with Crippen molar-refractivity contribution in [2.75, 3.05) is 0 Å². The molecule has 1 saturated carbocycles. The van der Waals surface area contributed by atoms with E-state index in [0.717, 1.165) is 12.7 Å². The Morgan fingerprint density at radius 3 is 2.38 bits per heavy atom. The Kier molecular flexibility index (Phi) is 5.22. The van der Waals surface area contributed by atoms with Crippen LogP contribution in [0.4, 0.5) is 0 Å². The molecule has 0 bridgehead atoms. The summed E-state index contributed by atoms with van der Waals surface area (Å²) in [5.74, 6) is 0.440. The Hall–Kier alpha value is -1.57. The molecule has 1 aromatic rings. The maximum absolute atomic E-state index is 10.7. The number of carbonyl (C=O) groups excluding carboxylic acids is 1. The minimum atomic E-state index is 0.189. The molecule has 0 radical (unpaired) electrons. The van der Waals surface area contributed by atoms with Crippen LogP contribution in [-0.4, -0.2) is 12.4 Å². The first-order valence-electron chi connectivity index (χ1n) is 7.88. The predicted molar refractivity (Wildman–Crippen MR) is 86.6 cm³/mol. The molecule has 0 heterocycles. The van der Waals surface area contributed by atoms with Gasteiger partial charge >= 0.3 is 0 Å². The topological polar surface area (TPSA) is 26.3 Å². The van der Waals surface area contributed by atoms with E-state index in [-0.39, 0.29) is 6.10 Å². The molecule has 0 aliphatic heterocycles. The van der Waals surface area contributed by atoms with Crippen molar-refractivity contribution < 1.29 is 9.53 Å². The van der Waals surface area contributed by atoms with Crippen LogP contribution >= 0.6 is 0 Å². The summed E-state index contributed by atoms with van der Waals surface area (Å²) in [6.45, 7) is 8.34. The summed E-state index contributed by atoms with van der Waals surface area (Å²) in [5.41, 5.74) is 6.14. The second-order valence-corrected chi connectivity index (χ2v) is 6.36. The molecule has 2 nitrogen and oxygen atoms in total. The number of aryl methyl sites for hydroxylation is 3. The zero-order chi connectivity index (χ0) is 15.4. The lowest BCUT2D eigenvalue weighted by atomic mass is 9.78. The van der Waals surface area contributed by atoms with E-state index >= 15 is 0 Å². The van der Waals surface area contributed by atoms with Gasteiger partial charge in [0.1, 0.15) is 12.4 Å². The molecule has 0 saturated heterocycles. The van der Waals surface area contributed by atoms with Gasteiger partial charge in [-0.2, -0.15) is 0 Å². The third-order valence-electron chi connectivity index (χ3n) is 4.43. The van der Waals surface area contributed by atoms with Crippen LogP contribution in [0.1, 0.15) is 60.8 Å². The third kappa shape index (κ3) is 3.75. The molecule has 1 fully saturated rings. The first kappa shape index (κ1) is 15.8. The van der Waals surface area contributed by atoms with Crippen molar-refractivity contribution >= 4 is 6.29 Å². The number of rotatable bonds is 4. The molecule has 1 aliphatic rings. The summed E-state index contributed by atoms with van der Waals surface area (Å²) in [6, 6.07) is 4.53. The van der Waals surface area contributed by atoms with Gasteiger partial charge in [-0.3, -0.25) is 4.79 Å². The van der Waals surface area contributed by atoms with E-state index < -0.39 is 0 Å². The molecule has 0 amide bonds. The quantitative estimate of drug-likeness (QED) is 0.453. The zero-order valence-electron chi connectivity index (χ0n) is 13.6. The van der Waals surface area contributed by atoms with Crippen molar-refractivity contribution in [2.45, 2.75) is 65.4 Å². The molecule has 0 unspecified atom stereocenters. The molecule has 2 heteroatoms. The Balaban J connectivity index is 2.29. The maximum Gasteiger partial charge on any atom is 0.148 e. The number of hydrogen-bond acceptors (Lipinski definition) is 2. The van der Waals surface area contributed by atoms with E-state index in [1.54, 1.807) is 13.2 Å². The van der Waals surface area contributed by atoms with Gasteiger partial charge in [0.2, 0.25) is 0 Å². The van der Waals surface area contributed by atoms with E-state index in [4.69, 9.17) is 4.74 Å². The smallest absolute Gasteiger partial charge is 0.148 e. The first-order valence-corrected chi connectivity index (χ1v) is 7.88. The number of aldehydes is 1. The van der Waals surface area contributed by atoms with E-state index in [1.807, 2.05) is 0 Å². The zero-order valence-corrected chi connectivity index (χ0v) is 13.6. The Bertz CT molecular complexity index is 519. The summed E-state index contributed by atoms with van der Waals surface area (Å²) in [6.07, 6.45) is 7.37. The van der Waals surface area contributed by atoms with Crippen molar-refractivity contribution in [1.82, 2.24) is 0 Å². The van der Waals surface area contributed by atoms with Crippen LogP contribution in [0.15, 0.2) is 24.0 Å². The number of hydrogen-bond donors (Lipinski definition) is 0. The predicted octanol–water partition coefficient (Wildman–Crippen LogP) is 4.76. The van der Waals surface area contributed by atoms with Crippen molar-refractivity contribution in [2.24, 2.45) is 0 Å². The van der Waals surface area contributed by atoms with Crippen LogP contribution in [0, 0.1) is 20.8 Å². The van der Waals surface area contributed by atoms with Gasteiger partial charge in [0.15, 0.2) is 0 Å². The molecule has 0 spiro atoms. The van der Waals surface area contributed by atoms with Gasteiger partial charge < -0.3 is 4.74 Å². The van der Waals surface area contributed by atoms with Crippen molar-refractivity contribution in [3.63, 3.8) is 0 Å². The maximum atomic E-state index is 10.7. The highest BCUT2D eigenvalue weighted by molar-refractivity contribution is 5.71. The monoisotopic (exact) mass is 286 g/mol. The fraction of sp³-hybridized carbons (Fsp3) is 0.526. The minimum Gasteiger partial charge on any atom is -0.497 e. The van der Waals surface area contributed by atoms with E-state index in [2.05, 4.69) is 32.9 Å². The van der Waals surface area contributed by atoms with Gasteiger partial charge in [-0.05, 0) is 63.6 Å². The Morgan fingerprint density at radius 1 is 1.14 bits per heavy atom. The second kappa shape index (κ2) is 6.93. The molecule has 2 rings (SSSR count). The minimum absolute atomic E-state index is 0.189. The summed E-state index contributed by atoms with van der Waals surface area (Å²) in [4.78, 5) is 10.7. The molecular weight excluding hydrogens is 260 g/mol. The largest absolute Gasteiger partial charge is 0.497 e. The van der Waals surface area contributed by atoms with Gasteiger partial charge in [0, 0.05) is 11.5 Å². The van der Waals surface area contributed by atoms with Gasteiger partial charge in [-0.15, -0.1) is 0 Å². The van der Waals surface area contributed by atoms with E-state index in [1.165, 1.54) is 41.5 Å². The van der Waals surface area contributed by atoms with Crippen molar-refractivity contribution in [3.05, 3.63) is 46.2 Å². The van der Waals surface area contributed by atoms with Crippen LogP contribution in [0.5, 0.6) is 0 Å². The highest BCUT2D eigenvalue weighted by Gasteiger charge is 2.29. The van der Waals surface area contributed by atoms with E-state index in [0.29, 0.717) is 11.5 Å². The Morgan fingerprint density at radius 2 is 1.76 bits per heavy atom. The molecular formula is C19H26O2. The van der Waals surface area contributed by atoms with Gasteiger partial charge in [-0.25, -0.2) is 0 Å². The summed E-state index contributed by atoms with van der Waals surface area (Å²) in [7, 11) is 0. The highest BCUT2D eigenvalue weighted by Crippen LogP contribution is 2.38. The average Bonchev–Trinajstić information content (AvgIpc) is 2.44. The fourth-order valence-corrected chi connectivity index (χ4v) is 3.59. The van der Waals surface area contributed by atoms with Gasteiger partial charge in [-0.1, -0.05) is 24.1 Å². The number of ether oxygens (including phenoxy) is 1. The molecule has 2 atom stereocenters. The van der Waals surface area contributed by atoms with Crippen LogP contribution < -0.4 is 0 Å².